The van der Waals surface area contributed by atoms with Gasteiger partial charge in [-0.1, -0.05) is 44.2 Å². The zero-order valence-corrected chi connectivity index (χ0v) is 14.5. The van der Waals surface area contributed by atoms with Crippen molar-refractivity contribution in [1.82, 2.24) is 10.2 Å². The Kier molecular flexibility index (Phi) is 5.36. The van der Waals surface area contributed by atoms with Crippen LogP contribution in [-0.2, 0) is 11.2 Å². The summed E-state index contributed by atoms with van der Waals surface area (Å²) in [4.78, 5) is 15.3. The zero-order valence-electron chi connectivity index (χ0n) is 14.5. The normalized spacial score (nSPS) is 18.2. The predicted molar refractivity (Wildman–Crippen MR) is 94.6 cm³/mol. The number of likely N-dealkylation sites (N-methyl/N-ethyl adjacent to an activating group) is 1. The quantitative estimate of drug-likeness (QED) is 0.877. The molecular weight excluding hydrogens is 300 g/mol. The fourth-order valence-electron chi connectivity index (χ4n) is 3.64. The molecule has 2 atom stereocenters. The lowest BCUT2D eigenvalue weighted by Crippen LogP contribution is -2.42. The van der Waals surface area contributed by atoms with Crippen molar-refractivity contribution in [2.24, 2.45) is 0 Å². The van der Waals surface area contributed by atoms with Crippen LogP contribution in [0.1, 0.15) is 55.7 Å². The van der Waals surface area contributed by atoms with Crippen LogP contribution in [0.25, 0.3) is 0 Å². The highest BCUT2D eigenvalue weighted by molar-refractivity contribution is 5.83. The maximum absolute atomic E-state index is 13.1. The lowest BCUT2D eigenvalue weighted by Gasteiger charge is -2.31. The third kappa shape index (κ3) is 3.39. The van der Waals surface area contributed by atoms with E-state index in [2.05, 4.69) is 24.1 Å². The molecule has 0 radical (unpaired) electrons. The smallest absolute Gasteiger partial charge is 0.242 e. The number of rotatable bonds is 6. The Hall–Kier alpha value is -2.07. The molecule has 4 heteroatoms. The van der Waals surface area contributed by atoms with Crippen LogP contribution in [0.3, 0.4) is 0 Å². The first-order valence-corrected chi connectivity index (χ1v) is 8.90. The average molecular weight is 326 g/mol. The molecule has 1 heterocycles. The lowest BCUT2D eigenvalue weighted by molar-refractivity contribution is -0.127. The van der Waals surface area contributed by atoms with Gasteiger partial charge in [-0.05, 0) is 37.6 Å². The summed E-state index contributed by atoms with van der Waals surface area (Å²) in [6.45, 7) is 5.87. The molecule has 2 aromatic rings. The number of nitrogens with zero attached hydrogens (tertiary/aromatic N) is 1. The molecule has 0 saturated heterocycles. The van der Waals surface area contributed by atoms with Gasteiger partial charge in [0.25, 0.3) is 0 Å². The first-order chi connectivity index (χ1) is 11.7. The molecule has 24 heavy (non-hydrogen) atoms. The van der Waals surface area contributed by atoms with E-state index in [4.69, 9.17) is 4.42 Å². The molecule has 0 fully saturated rings. The van der Waals surface area contributed by atoms with Crippen LogP contribution in [0.5, 0.6) is 0 Å². The van der Waals surface area contributed by atoms with Gasteiger partial charge in [-0.3, -0.25) is 9.69 Å². The van der Waals surface area contributed by atoms with Crippen LogP contribution >= 0.6 is 0 Å². The van der Waals surface area contributed by atoms with Crippen molar-refractivity contribution < 1.29 is 9.21 Å². The summed E-state index contributed by atoms with van der Waals surface area (Å²) < 4.78 is 5.54. The van der Waals surface area contributed by atoms with E-state index >= 15 is 0 Å². The number of amides is 1. The van der Waals surface area contributed by atoms with E-state index in [9.17, 15) is 4.79 Å². The number of carbonyl (C=O) groups is 1. The van der Waals surface area contributed by atoms with Gasteiger partial charge in [0.05, 0.1) is 12.3 Å². The average Bonchev–Trinajstić information content (AvgIpc) is 3.10. The van der Waals surface area contributed by atoms with E-state index in [-0.39, 0.29) is 18.0 Å². The fourth-order valence-corrected chi connectivity index (χ4v) is 3.64. The van der Waals surface area contributed by atoms with E-state index in [1.54, 1.807) is 6.26 Å². The van der Waals surface area contributed by atoms with Gasteiger partial charge < -0.3 is 9.73 Å². The first kappa shape index (κ1) is 16.8. The fraction of sp³-hybridized carbons (Fsp3) is 0.450. The van der Waals surface area contributed by atoms with Gasteiger partial charge in [-0.15, -0.1) is 0 Å². The van der Waals surface area contributed by atoms with Gasteiger partial charge in [0.1, 0.15) is 11.8 Å². The van der Waals surface area contributed by atoms with Gasteiger partial charge in [0.2, 0.25) is 5.91 Å². The van der Waals surface area contributed by atoms with E-state index < -0.39 is 0 Å². The zero-order chi connectivity index (χ0) is 16.9. The summed E-state index contributed by atoms with van der Waals surface area (Å²) >= 11 is 0. The molecule has 0 aliphatic heterocycles. The summed E-state index contributed by atoms with van der Waals surface area (Å²) in [5.41, 5.74) is 2.18. The van der Waals surface area contributed by atoms with Crippen LogP contribution in [0.2, 0.25) is 0 Å². The highest BCUT2D eigenvalue weighted by atomic mass is 16.3. The SMILES string of the molecule is CCN(CC)C(C(=O)NC1CCCc2occc21)c1ccccc1. The second kappa shape index (κ2) is 7.67. The minimum atomic E-state index is -0.251. The van der Waals surface area contributed by atoms with E-state index in [0.29, 0.717) is 0 Å². The molecule has 0 saturated carbocycles. The number of hydrogen-bond acceptors (Lipinski definition) is 3. The number of carbonyl (C=O) groups excluding carboxylic acids is 1. The summed E-state index contributed by atoms with van der Waals surface area (Å²) in [7, 11) is 0. The van der Waals surface area contributed by atoms with Crippen molar-refractivity contribution in [2.45, 2.75) is 45.2 Å². The van der Waals surface area contributed by atoms with Crippen LogP contribution < -0.4 is 5.32 Å². The number of furan rings is 1. The molecule has 128 valence electrons. The van der Waals surface area contributed by atoms with Crippen LogP contribution in [-0.4, -0.2) is 23.9 Å². The minimum absolute atomic E-state index is 0.0572. The Morgan fingerprint density at radius 1 is 1.25 bits per heavy atom. The molecule has 3 rings (SSSR count). The number of nitrogens with one attached hydrogen (secondary N) is 1. The molecular formula is C20H26N2O2. The van der Waals surface area contributed by atoms with Crippen molar-refractivity contribution in [3.63, 3.8) is 0 Å². The lowest BCUT2D eigenvalue weighted by atomic mass is 9.92. The molecule has 0 spiro atoms. The Morgan fingerprint density at radius 2 is 2.00 bits per heavy atom. The maximum atomic E-state index is 13.1. The van der Waals surface area contributed by atoms with Crippen molar-refractivity contribution in [2.75, 3.05) is 13.1 Å². The highest BCUT2D eigenvalue weighted by Gasteiger charge is 2.30. The number of benzene rings is 1. The summed E-state index contributed by atoms with van der Waals surface area (Å²) in [5, 5.41) is 3.27. The van der Waals surface area contributed by atoms with E-state index in [1.165, 1.54) is 0 Å². The molecule has 1 aromatic carbocycles. The van der Waals surface area contributed by atoms with Gasteiger partial charge in [0, 0.05) is 12.0 Å². The van der Waals surface area contributed by atoms with Crippen molar-refractivity contribution in [3.05, 3.63) is 59.5 Å². The van der Waals surface area contributed by atoms with E-state index in [1.807, 2.05) is 36.4 Å². The molecule has 4 nitrogen and oxygen atoms in total. The van der Waals surface area contributed by atoms with E-state index in [0.717, 1.165) is 49.2 Å². The van der Waals surface area contributed by atoms with Crippen LogP contribution in [0, 0.1) is 0 Å². The Morgan fingerprint density at radius 3 is 2.71 bits per heavy atom. The predicted octanol–water partition coefficient (Wildman–Crippen LogP) is 3.86. The Labute approximate surface area is 143 Å². The molecule has 2 unspecified atom stereocenters. The van der Waals surface area contributed by atoms with Crippen LogP contribution in [0.15, 0.2) is 47.1 Å². The van der Waals surface area contributed by atoms with Gasteiger partial charge >= 0.3 is 0 Å². The second-order valence-corrected chi connectivity index (χ2v) is 6.29. The monoisotopic (exact) mass is 326 g/mol. The third-order valence-electron chi connectivity index (χ3n) is 4.91. The molecule has 1 aromatic heterocycles. The standard InChI is InChI=1S/C20H26N2O2/c1-3-22(4-2)19(15-9-6-5-7-10-15)20(23)21-17-11-8-12-18-16(17)13-14-24-18/h5-7,9-10,13-14,17,19H,3-4,8,11-12H2,1-2H3,(H,21,23). The molecule has 0 bridgehead atoms. The third-order valence-corrected chi connectivity index (χ3v) is 4.91. The first-order valence-electron chi connectivity index (χ1n) is 8.90. The molecule has 1 aliphatic carbocycles. The topological polar surface area (TPSA) is 45.5 Å². The number of fused-ring (bicyclic) bond motifs is 1. The maximum Gasteiger partial charge on any atom is 0.242 e. The van der Waals surface area contributed by atoms with Crippen molar-refractivity contribution in [3.8, 4) is 0 Å². The summed E-state index contributed by atoms with van der Waals surface area (Å²) in [5.74, 6) is 1.09. The number of aryl methyl sites for hydroxylation is 1. The van der Waals surface area contributed by atoms with Crippen molar-refractivity contribution in [1.29, 1.82) is 0 Å². The summed E-state index contributed by atoms with van der Waals surface area (Å²) in [6.07, 6.45) is 4.71. The van der Waals surface area contributed by atoms with Gasteiger partial charge in [0.15, 0.2) is 0 Å². The van der Waals surface area contributed by atoms with Crippen LogP contribution in [0.4, 0.5) is 0 Å². The summed E-state index contributed by atoms with van der Waals surface area (Å²) in [6, 6.07) is 11.8. The van der Waals surface area contributed by atoms with Crippen molar-refractivity contribution >= 4 is 5.91 Å². The number of hydrogen-bond donors (Lipinski definition) is 1. The largest absolute Gasteiger partial charge is 0.469 e. The Balaban J connectivity index is 1.82. The minimum Gasteiger partial charge on any atom is -0.469 e. The molecule has 1 aliphatic rings. The Bertz CT molecular complexity index is 661. The molecule has 1 N–H and O–H groups in total. The highest BCUT2D eigenvalue weighted by Crippen LogP contribution is 2.31. The van der Waals surface area contributed by atoms with Gasteiger partial charge in [-0.25, -0.2) is 0 Å². The molecule has 1 amide bonds. The second-order valence-electron chi connectivity index (χ2n) is 6.29. The van der Waals surface area contributed by atoms with Gasteiger partial charge in [-0.2, -0.15) is 0 Å².